The standard InChI is InChI=1S/C20H22O2/c1-14(12-17-8-10-18(11-9-17)15(2)21)13-19-6-4-5-7-20(19)16(3)22/h4-11,14H,12-13H2,1-3H3. The number of rotatable bonds is 6. The summed E-state index contributed by atoms with van der Waals surface area (Å²) in [5.41, 5.74) is 3.90. The Bertz CT molecular complexity index is 668. The van der Waals surface area contributed by atoms with Crippen LogP contribution in [0.4, 0.5) is 0 Å². The van der Waals surface area contributed by atoms with Crippen LogP contribution < -0.4 is 0 Å². The van der Waals surface area contributed by atoms with E-state index in [9.17, 15) is 9.59 Å². The van der Waals surface area contributed by atoms with E-state index in [1.807, 2.05) is 48.5 Å². The highest BCUT2D eigenvalue weighted by molar-refractivity contribution is 5.95. The minimum absolute atomic E-state index is 0.0926. The van der Waals surface area contributed by atoms with E-state index < -0.39 is 0 Å². The molecule has 0 aromatic heterocycles. The van der Waals surface area contributed by atoms with Crippen molar-refractivity contribution < 1.29 is 9.59 Å². The molecule has 0 saturated carbocycles. The fourth-order valence-corrected chi connectivity index (χ4v) is 2.77. The molecule has 0 aliphatic rings. The molecule has 1 atom stereocenters. The summed E-state index contributed by atoms with van der Waals surface area (Å²) in [7, 11) is 0. The van der Waals surface area contributed by atoms with Crippen LogP contribution in [-0.4, -0.2) is 11.6 Å². The number of carbonyl (C=O) groups is 2. The van der Waals surface area contributed by atoms with Gasteiger partial charge in [-0.1, -0.05) is 55.5 Å². The first-order chi connectivity index (χ1) is 10.5. The van der Waals surface area contributed by atoms with Crippen LogP contribution in [-0.2, 0) is 12.8 Å². The normalized spacial score (nSPS) is 12.0. The van der Waals surface area contributed by atoms with E-state index in [1.165, 1.54) is 5.56 Å². The van der Waals surface area contributed by atoms with Gasteiger partial charge in [0.15, 0.2) is 11.6 Å². The maximum atomic E-state index is 11.7. The van der Waals surface area contributed by atoms with E-state index >= 15 is 0 Å². The van der Waals surface area contributed by atoms with Gasteiger partial charge in [0, 0.05) is 11.1 Å². The van der Waals surface area contributed by atoms with E-state index in [1.54, 1.807) is 13.8 Å². The minimum Gasteiger partial charge on any atom is -0.295 e. The van der Waals surface area contributed by atoms with Crippen LogP contribution >= 0.6 is 0 Å². The molecule has 1 unspecified atom stereocenters. The number of carbonyl (C=O) groups excluding carboxylic acids is 2. The minimum atomic E-state index is 0.0926. The average Bonchev–Trinajstić information content (AvgIpc) is 2.48. The van der Waals surface area contributed by atoms with Gasteiger partial charge in [0.05, 0.1) is 0 Å². The lowest BCUT2D eigenvalue weighted by Gasteiger charge is -2.14. The second-order valence-electron chi connectivity index (χ2n) is 5.98. The monoisotopic (exact) mass is 294 g/mol. The Kier molecular flexibility index (Phi) is 5.26. The van der Waals surface area contributed by atoms with Crippen molar-refractivity contribution in [1.82, 2.24) is 0 Å². The van der Waals surface area contributed by atoms with Gasteiger partial charge in [-0.05, 0) is 43.7 Å². The molecule has 0 N–H and O–H groups in total. The summed E-state index contributed by atoms with van der Waals surface area (Å²) < 4.78 is 0. The Morgan fingerprint density at radius 2 is 1.50 bits per heavy atom. The van der Waals surface area contributed by atoms with Crippen LogP contribution in [0.15, 0.2) is 48.5 Å². The molecule has 2 rings (SSSR count). The second kappa shape index (κ2) is 7.17. The van der Waals surface area contributed by atoms with E-state index in [0.717, 1.165) is 29.5 Å². The third-order valence-electron chi connectivity index (χ3n) is 3.91. The van der Waals surface area contributed by atoms with Gasteiger partial charge >= 0.3 is 0 Å². The molecule has 0 aliphatic heterocycles. The highest BCUT2D eigenvalue weighted by Crippen LogP contribution is 2.18. The van der Waals surface area contributed by atoms with Crippen molar-refractivity contribution in [1.29, 1.82) is 0 Å². The Morgan fingerprint density at radius 3 is 2.09 bits per heavy atom. The van der Waals surface area contributed by atoms with E-state index in [0.29, 0.717) is 5.92 Å². The van der Waals surface area contributed by atoms with Crippen LogP contribution in [0.5, 0.6) is 0 Å². The van der Waals surface area contributed by atoms with Gasteiger partial charge < -0.3 is 0 Å². The maximum Gasteiger partial charge on any atom is 0.160 e. The molecule has 22 heavy (non-hydrogen) atoms. The van der Waals surface area contributed by atoms with Gasteiger partial charge in [0.25, 0.3) is 0 Å². The zero-order valence-corrected chi connectivity index (χ0v) is 13.4. The number of ketones is 2. The largest absolute Gasteiger partial charge is 0.295 e. The van der Waals surface area contributed by atoms with Crippen molar-refractivity contribution in [2.45, 2.75) is 33.6 Å². The zero-order valence-electron chi connectivity index (χ0n) is 13.4. The third kappa shape index (κ3) is 4.14. The molecule has 2 heteroatoms. The summed E-state index contributed by atoms with van der Waals surface area (Å²) in [6.07, 6.45) is 1.81. The summed E-state index contributed by atoms with van der Waals surface area (Å²) in [5.74, 6) is 0.646. The maximum absolute atomic E-state index is 11.7. The summed E-state index contributed by atoms with van der Waals surface area (Å²) in [6.45, 7) is 5.39. The van der Waals surface area contributed by atoms with Gasteiger partial charge in [-0.15, -0.1) is 0 Å². The fraction of sp³-hybridized carbons (Fsp3) is 0.300. The molecule has 2 aromatic rings. The van der Waals surface area contributed by atoms with E-state index in [-0.39, 0.29) is 11.6 Å². The first kappa shape index (κ1) is 16.2. The van der Waals surface area contributed by atoms with Gasteiger partial charge in [0.1, 0.15) is 0 Å². The Balaban J connectivity index is 2.05. The van der Waals surface area contributed by atoms with Gasteiger partial charge in [-0.25, -0.2) is 0 Å². The van der Waals surface area contributed by atoms with Crippen molar-refractivity contribution in [3.8, 4) is 0 Å². The first-order valence-electron chi connectivity index (χ1n) is 7.66. The average molecular weight is 294 g/mol. The lowest BCUT2D eigenvalue weighted by Crippen LogP contribution is -2.08. The van der Waals surface area contributed by atoms with Crippen LogP contribution in [0, 0.1) is 5.92 Å². The molecule has 0 amide bonds. The Labute approximate surface area is 132 Å². The van der Waals surface area contributed by atoms with Gasteiger partial charge in [0.2, 0.25) is 0 Å². The van der Waals surface area contributed by atoms with Crippen molar-refractivity contribution in [2.24, 2.45) is 5.92 Å². The predicted molar refractivity (Wildman–Crippen MR) is 89.5 cm³/mol. The first-order valence-corrected chi connectivity index (χ1v) is 7.66. The Hall–Kier alpha value is -2.22. The lowest BCUT2D eigenvalue weighted by atomic mass is 9.91. The number of hydrogen-bond donors (Lipinski definition) is 0. The molecule has 0 saturated heterocycles. The molecule has 114 valence electrons. The summed E-state index contributed by atoms with van der Waals surface area (Å²) >= 11 is 0. The molecule has 0 bridgehead atoms. The number of benzene rings is 2. The number of hydrogen-bond acceptors (Lipinski definition) is 2. The van der Waals surface area contributed by atoms with Crippen molar-refractivity contribution in [2.75, 3.05) is 0 Å². The van der Waals surface area contributed by atoms with Crippen LogP contribution in [0.25, 0.3) is 0 Å². The van der Waals surface area contributed by atoms with Crippen molar-refractivity contribution >= 4 is 11.6 Å². The van der Waals surface area contributed by atoms with Crippen molar-refractivity contribution in [3.63, 3.8) is 0 Å². The molecule has 2 nitrogen and oxygen atoms in total. The highest BCUT2D eigenvalue weighted by atomic mass is 16.1. The molecule has 0 radical (unpaired) electrons. The quantitative estimate of drug-likeness (QED) is 0.734. The predicted octanol–water partition coefficient (Wildman–Crippen LogP) is 4.51. The summed E-state index contributed by atoms with van der Waals surface area (Å²) in [5, 5.41) is 0. The van der Waals surface area contributed by atoms with Crippen LogP contribution in [0.1, 0.15) is 52.6 Å². The molecule has 0 aliphatic carbocycles. The molecule has 2 aromatic carbocycles. The smallest absolute Gasteiger partial charge is 0.160 e. The molecular formula is C20H22O2. The second-order valence-corrected chi connectivity index (χ2v) is 5.98. The molecule has 0 spiro atoms. The highest BCUT2D eigenvalue weighted by Gasteiger charge is 2.11. The van der Waals surface area contributed by atoms with Gasteiger partial charge in [-0.2, -0.15) is 0 Å². The van der Waals surface area contributed by atoms with E-state index in [4.69, 9.17) is 0 Å². The Morgan fingerprint density at radius 1 is 0.864 bits per heavy atom. The fourth-order valence-electron chi connectivity index (χ4n) is 2.77. The van der Waals surface area contributed by atoms with Crippen LogP contribution in [0.2, 0.25) is 0 Å². The lowest BCUT2D eigenvalue weighted by molar-refractivity contribution is 0.100. The molecule has 0 fully saturated rings. The molecule has 0 heterocycles. The number of Topliss-reactive ketones (excluding diaryl/α,β-unsaturated/α-hetero) is 2. The van der Waals surface area contributed by atoms with Crippen molar-refractivity contribution in [3.05, 3.63) is 70.8 Å². The van der Waals surface area contributed by atoms with E-state index in [2.05, 4.69) is 6.92 Å². The summed E-state index contributed by atoms with van der Waals surface area (Å²) in [6, 6.07) is 15.6. The SMILES string of the molecule is CC(=O)c1ccc(CC(C)Cc2ccccc2C(C)=O)cc1. The van der Waals surface area contributed by atoms with Gasteiger partial charge in [-0.3, -0.25) is 9.59 Å². The topological polar surface area (TPSA) is 34.1 Å². The molecular weight excluding hydrogens is 272 g/mol. The third-order valence-corrected chi connectivity index (χ3v) is 3.91. The van der Waals surface area contributed by atoms with Crippen LogP contribution in [0.3, 0.4) is 0 Å². The zero-order chi connectivity index (χ0) is 16.1. The summed E-state index contributed by atoms with van der Waals surface area (Å²) in [4.78, 5) is 23.0.